The van der Waals surface area contributed by atoms with Gasteiger partial charge in [-0.05, 0) is 42.5 Å². The fourth-order valence-electron chi connectivity index (χ4n) is 2.75. The van der Waals surface area contributed by atoms with Crippen molar-refractivity contribution in [3.63, 3.8) is 0 Å². The number of benzene rings is 2. The van der Waals surface area contributed by atoms with Gasteiger partial charge in [-0.2, -0.15) is 0 Å². The Kier molecular flexibility index (Phi) is 5.09. The van der Waals surface area contributed by atoms with Gasteiger partial charge in [0, 0.05) is 5.69 Å². The molecule has 2 aromatic rings. The Bertz CT molecular complexity index is 1010. The van der Waals surface area contributed by atoms with E-state index in [-0.39, 0.29) is 22.2 Å². The fraction of sp³-hybridized carbons (Fsp3) is 0.176. The van der Waals surface area contributed by atoms with Crippen molar-refractivity contribution >= 4 is 44.8 Å². The number of methoxy groups -OCH3 is 1. The number of carbonyl (C=O) groups excluding carboxylic acids is 2. The van der Waals surface area contributed by atoms with E-state index in [0.717, 1.165) is 4.90 Å². The Hall–Kier alpha value is -2.62. The minimum Gasteiger partial charge on any atom is -0.495 e. The molecule has 0 aliphatic carbocycles. The molecule has 0 spiro atoms. The van der Waals surface area contributed by atoms with Crippen LogP contribution in [0.4, 0.5) is 11.4 Å². The maximum atomic E-state index is 12.7. The summed E-state index contributed by atoms with van der Waals surface area (Å²) in [6.07, 6.45) is -0.0422. The number of hydrogen-bond donors (Lipinski definition) is 2. The largest absolute Gasteiger partial charge is 0.495 e. The first-order valence-corrected chi connectivity index (χ1v) is 9.73. The molecule has 10 heteroatoms. The summed E-state index contributed by atoms with van der Waals surface area (Å²) in [6.45, 7) is 0. The first-order valence-electron chi connectivity index (χ1n) is 7.80. The third-order valence-corrected chi connectivity index (χ3v) is 5.29. The molecule has 1 fully saturated rings. The molecule has 27 heavy (non-hydrogen) atoms. The van der Waals surface area contributed by atoms with Crippen molar-refractivity contribution in [2.75, 3.05) is 17.3 Å². The van der Waals surface area contributed by atoms with Crippen molar-refractivity contribution in [2.24, 2.45) is 5.14 Å². The van der Waals surface area contributed by atoms with Crippen LogP contribution in [-0.4, -0.2) is 33.4 Å². The second kappa shape index (κ2) is 7.18. The lowest BCUT2D eigenvalue weighted by molar-refractivity contribution is -0.121. The molecule has 1 unspecified atom stereocenters. The number of nitrogens with one attached hydrogen (secondary N) is 1. The molecule has 2 aromatic carbocycles. The number of rotatable bonds is 5. The molecule has 8 nitrogen and oxygen atoms in total. The summed E-state index contributed by atoms with van der Waals surface area (Å²) in [5, 5.41) is 8.27. The van der Waals surface area contributed by atoms with E-state index in [2.05, 4.69) is 5.32 Å². The summed E-state index contributed by atoms with van der Waals surface area (Å²) in [7, 11) is -2.33. The molecule has 1 aliphatic rings. The van der Waals surface area contributed by atoms with Crippen LogP contribution in [0, 0.1) is 0 Å². The number of anilines is 2. The number of hydrogen-bond acceptors (Lipinski definition) is 6. The van der Waals surface area contributed by atoms with Gasteiger partial charge in [-0.25, -0.2) is 18.5 Å². The molecule has 1 atom stereocenters. The van der Waals surface area contributed by atoms with Gasteiger partial charge in [0.05, 0.1) is 29.1 Å². The van der Waals surface area contributed by atoms with Crippen molar-refractivity contribution in [3.8, 4) is 5.75 Å². The molecule has 0 aromatic heterocycles. The van der Waals surface area contributed by atoms with Gasteiger partial charge in [0.1, 0.15) is 11.8 Å². The number of imide groups is 1. The van der Waals surface area contributed by atoms with Crippen LogP contribution >= 0.6 is 11.6 Å². The first kappa shape index (κ1) is 19.2. The van der Waals surface area contributed by atoms with E-state index < -0.39 is 22.0 Å². The lowest BCUT2D eigenvalue weighted by atomic mass is 10.2. The van der Waals surface area contributed by atoms with Crippen LogP contribution in [0.5, 0.6) is 5.75 Å². The number of nitrogens with two attached hydrogens (primary N) is 1. The van der Waals surface area contributed by atoms with E-state index in [9.17, 15) is 18.0 Å². The van der Waals surface area contributed by atoms with Crippen LogP contribution in [0.15, 0.2) is 47.4 Å². The number of nitrogens with zero attached hydrogens (tertiary/aromatic N) is 1. The molecule has 2 amide bonds. The van der Waals surface area contributed by atoms with E-state index in [4.69, 9.17) is 21.5 Å². The highest BCUT2D eigenvalue weighted by Gasteiger charge is 2.39. The van der Waals surface area contributed by atoms with Crippen molar-refractivity contribution in [1.29, 1.82) is 0 Å². The van der Waals surface area contributed by atoms with Gasteiger partial charge < -0.3 is 10.1 Å². The molecular formula is C17H16ClN3O5S. The van der Waals surface area contributed by atoms with E-state index in [1.54, 1.807) is 12.1 Å². The van der Waals surface area contributed by atoms with Crippen LogP contribution < -0.4 is 20.1 Å². The average Bonchev–Trinajstić information content (AvgIpc) is 2.88. The zero-order valence-electron chi connectivity index (χ0n) is 14.2. The Morgan fingerprint density at radius 2 is 1.85 bits per heavy atom. The van der Waals surface area contributed by atoms with E-state index in [1.165, 1.54) is 37.4 Å². The molecule has 0 bridgehead atoms. The number of amides is 2. The van der Waals surface area contributed by atoms with E-state index in [0.29, 0.717) is 17.1 Å². The van der Waals surface area contributed by atoms with Crippen molar-refractivity contribution in [1.82, 2.24) is 0 Å². The molecule has 3 rings (SSSR count). The quantitative estimate of drug-likeness (QED) is 0.726. The van der Waals surface area contributed by atoms with Gasteiger partial charge >= 0.3 is 0 Å². The van der Waals surface area contributed by atoms with Crippen LogP contribution in [0.3, 0.4) is 0 Å². The van der Waals surface area contributed by atoms with Gasteiger partial charge in [0.25, 0.3) is 5.91 Å². The highest BCUT2D eigenvalue weighted by atomic mass is 35.5. The smallest absolute Gasteiger partial charge is 0.256 e. The van der Waals surface area contributed by atoms with Gasteiger partial charge in [-0.3, -0.25) is 9.59 Å². The SMILES string of the molecule is COc1ccc(N2C(=O)CC(Nc3ccc(S(N)(=O)=O)cc3)C2=O)cc1Cl. The molecule has 0 saturated carbocycles. The van der Waals surface area contributed by atoms with Crippen molar-refractivity contribution < 1.29 is 22.7 Å². The Balaban J connectivity index is 1.79. The van der Waals surface area contributed by atoms with Crippen LogP contribution in [0.1, 0.15) is 6.42 Å². The minimum atomic E-state index is -3.80. The highest BCUT2D eigenvalue weighted by Crippen LogP contribution is 2.32. The molecule has 1 saturated heterocycles. The number of halogens is 1. The maximum absolute atomic E-state index is 12.7. The van der Waals surface area contributed by atoms with Crippen LogP contribution in [0.2, 0.25) is 5.02 Å². The lowest BCUT2D eigenvalue weighted by Crippen LogP contribution is -2.34. The van der Waals surface area contributed by atoms with Crippen molar-refractivity contribution in [2.45, 2.75) is 17.4 Å². The van der Waals surface area contributed by atoms with E-state index in [1.807, 2.05) is 0 Å². The standard InChI is InChI=1S/C17H16ClN3O5S/c1-26-15-7-4-11(8-13(15)18)21-16(22)9-14(17(21)23)20-10-2-5-12(6-3-10)27(19,24)25/h2-8,14,20H,9H2,1H3,(H2,19,24,25). The fourth-order valence-corrected chi connectivity index (χ4v) is 3.52. The highest BCUT2D eigenvalue weighted by molar-refractivity contribution is 7.89. The van der Waals surface area contributed by atoms with Gasteiger partial charge in [-0.1, -0.05) is 11.6 Å². The summed E-state index contributed by atoms with van der Waals surface area (Å²) < 4.78 is 27.6. The zero-order valence-corrected chi connectivity index (χ0v) is 15.8. The molecule has 3 N–H and O–H groups in total. The van der Waals surface area contributed by atoms with Crippen molar-refractivity contribution in [3.05, 3.63) is 47.5 Å². The van der Waals surface area contributed by atoms with E-state index >= 15 is 0 Å². The Labute approximate surface area is 160 Å². The normalized spacial score (nSPS) is 17.3. The maximum Gasteiger partial charge on any atom is 0.256 e. The lowest BCUT2D eigenvalue weighted by Gasteiger charge is -2.17. The summed E-state index contributed by atoms with van der Waals surface area (Å²) in [5.41, 5.74) is 0.841. The number of primary sulfonamides is 1. The Morgan fingerprint density at radius 1 is 1.19 bits per heavy atom. The zero-order chi connectivity index (χ0) is 19.8. The second-order valence-corrected chi connectivity index (χ2v) is 7.83. The number of carbonyl (C=O) groups is 2. The molecule has 0 radical (unpaired) electrons. The van der Waals surface area contributed by atoms with Gasteiger partial charge in [-0.15, -0.1) is 0 Å². The summed E-state index contributed by atoms with van der Waals surface area (Å²) >= 11 is 6.07. The van der Waals surface area contributed by atoms with Crippen LogP contribution in [-0.2, 0) is 19.6 Å². The number of ether oxygens (including phenoxy) is 1. The summed E-state index contributed by atoms with van der Waals surface area (Å²) in [5.74, 6) is -0.374. The average molecular weight is 410 g/mol. The molecule has 142 valence electrons. The summed E-state index contributed by atoms with van der Waals surface area (Å²) in [4.78, 5) is 26.0. The predicted molar refractivity (Wildman–Crippen MR) is 100 cm³/mol. The van der Waals surface area contributed by atoms with Crippen LogP contribution in [0.25, 0.3) is 0 Å². The van der Waals surface area contributed by atoms with Gasteiger partial charge in [0.15, 0.2) is 0 Å². The third-order valence-electron chi connectivity index (χ3n) is 4.06. The molecular weight excluding hydrogens is 394 g/mol. The monoisotopic (exact) mass is 409 g/mol. The number of sulfonamides is 1. The Morgan fingerprint density at radius 3 is 2.41 bits per heavy atom. The molecule has 1 heterocycles. The predicted octanol–water partition coefficient (Wildman–Crippen LogP) is 1.74. The third kappa shape index (κ3) is 3.90. The summed E-state index contributed by atoms with van der Waals surface area (Å²) in [6, 6.07) is 9.45. The second-order valence-electron chi connectivity index (χ2n) is 5.86. The first-order chi connectivity index (χ1) is 12.7. The van der Waals surface area contributed by atoms with Gasteiger partial charge in [0.2, 0.25) is 15.9 Å². The molecule has 1 aliphatic heterocycles. The minimum absolute atomic E-state index is 0.0422. The topological polar surface area (TPSA) is 119 Å².